The highest BCUT2D eigenvalue weighted by molar-refractivity contribution is 7.99. The van der Waals surface area contributed by atoms with Crippen molar-refractivity contribution < 1.29 is 5.11 Å². The zero-order valence-electron chi connectivity index (χ0n) is 11.0. The second-order valence-corrected chi connectivity index (χ2v) is 5.19. The largest absolute Gasteiger partial charge is 0.388 e. The summed E-state index contributed by atoms with van der Waals surface area (Å²) in [7, 11) is 0. The summed E-state index contributed by atoms with van der Waals surface area (Å²) in [5.41, 5.74) is 0.713. The molecule has 2 rings (SSSR count). The lowest BCUT2D eigenvalue weighted by molar-refractivity contribution is 0.173. The monoisotopic (exact) mass is 279 g/mol. The standard InChI is InChI=1S/C13H17N3O2S/c1-3-11(17)9-5-7-10(8-6-9)19-13-15-14-12(18)16(13)4-2/h5-8,11,17H,3-4H2,1-2H3,(H,14,18)/t11-/m1/s1. The molecule has 1 aromatic carbocycles. The van der Waals surface area contributed by atoms with Crippen molar-refractivity contribution in [1.29, 1.82) is 0 Å². The third-order valence-corrected chi connectivity index (χ3v) is 3.90. The highest BCUT2D eigenvalue weighted by atomic mass is 32.2. The maximum atomic E-state index is 11.4. The highest BCUT2D eigenvalue weighted by Crippen LogP contribution is 2.26. The van der Waals surface area contributed by atoms with E-state index in [0.717, 1.165) is 10.5 Å². The van der Waals surface area contributed by atoms with Gasteiger partial charge in [-0.2, -0.15) is 0 Å². The van der Waals surface area contributed by atoms with Gasteiger partial charge < -0.3 is 5.11 Å². The summed E-state index contributed by atoms with van der Waals surface area (Å²) in [5.74, 6) is 0. The van der Waals surface area contributed by atoms with Gasteiger partial charge in [-0.1, -0.05) is 19.1 Å². The Morgan fingerprint density at radius 1 is 1.37 bits per heavy atom. The number of aromatic nitrogens is 3. The first-order valence-corrected chi connectivity index (χ1v) is 7.08. The van der Waals surface area contributed by atoms with Crippen molar-refractivity contribution in [3.8, 4) is 0 Å². The van der Waals surface area contributed by atoms with Gasteiger partial charge in [0.15, 0.2) is 5.16 Å². The molecule has 0 aliphatic carbocycles. The van der Waals surface area contributed by atoms with Gasteiger partial charge in [0.2, 0.25) is 0 Å². The molecule has 0 saturated heterocycles. The van der Waals surface area contributed by atoms with E-state index in [-0.39, 0.29) is 5.69 Å². The summed E-state index contributed by atoms with van der Waals surface area (Å²) >= 11 is 1.43. The Morgan fingerprint density at radius 2 is 2.05 bits per heavy atom. The molecule has 0 bridgehead atoms. The molecule has 0 unspecified atom stereocenters. The number of hydrogen-bond acceptors (Lipinski definition) is 4. The van der Waals surface area contributed by atoms with Crippen molar-refractivity contribution in [3.63, 3.8) is 0 Å². The normalized spacial score (nSPS) is 12.6. The molecule has 1 atom stereocenters. The van der Waals surface area contributed by atoms with Crippen LogP contribution in [0.5, 0.6) is 0 Å². The lowest BCUT2D eigenvalue weighted by Crippen LogP contribution is -2.15. The van der Waals surface area contributed by atoms with Crippen LogP contribution in [-0.4, -0.2) is 19.9 Å². The van der Waals surface area contributed by atoms with Crippen molar-refractivity contribution >= 4 is 11.8 Å². The molecule has 0 aliphatic heterocycles. The van der Waals surface area contributed by atoms with Crippen molar-refractivity contribution in [2.75, 3.05) is 0 Å². The quantitative estimate of drug-likeness (QED) is 0.880. The van der Waals surface area contributed by atoms with Crippen LogP contribution in [0.4, 0.5) is 0 Å². The fourth-order valence-electron chi connectivity index (χ4n) is 1.76. The molecule has 102 valence electrons. The number of H-pyrrole nitrogens is 1. The second kappa shape index (κ2) is 6.08. The summed E-state index contributed by atoms with van der Waals surface area (Å²) in [4.78, 5) is 12.4. The molecular weight excluding hydrogens is 262 g/mol. The number of nitrogens with zero attached hydrogens (tertiary/aromatic N) is 2. The number of aliphatic hydroxyl groups is 1. The minimum atomic E-state index is -0.418. The summed E-state index contributed by atoms with van der Waals surface area (Å²) in [5, 5.41) is 16.8. The van der Waals surface area contributed by atoms with Crippen LogP contribution in [-0.2, 0) is 6.54 Å². The molecule has 0 fully saturated rings. The van der Waals surface area contributed by atoms with Crippen LogP contribution >= 0.6 is 11.8 Å². The molecule has 6 heteroatoms. The van der Waals surface area contributed by atoms with Gasteiger partial charge in [-0.25, -0.2) is 9.89 Å². The zero-order valence-corrected chi connectivity index (χ0v) is 11.8. The Kier molecular flexibility index (Phi) is 4.44. The average molecular weight is 279 g/mol. The van der Waals surface area contributed by atoms with Gasteiger partial charge in [0.25, 0.3) is 0 Å². The minimum absolute atomic E-state index is 0.192. The predicted octanol–water partition coefficient (Wildman–Crippen LogP) is 2.19. The fourth-order valence-corrected chi connectivity index (χ4v) is 2.66. The first kappa shape index (κ1) is 13.9. The van der Waals surface area contributed by atoms with Crippen molar-refractivity contribution in [1.82, 2.24) is 14.8 Å². The van der Waals surface area contributed by atoms with Gasteiger partial charge in [-0.3, -0.25) is 4.57 Å². The third kappa shape index (κ3) is 3.08. The van der Waals surface area contributed by atoms with E-state index in [1.165, 1.54) is 11.8 Å². The van der Waals surface area contributed by atoms with Crippen LogP contribution in [0.2, 0.25) is 0 Å². The van der Waals surface area contributed by atoms with Crippen LogP contribution < -0.4 is 5.69 Å². The Labute approximate surface area is 115 Å². The van der Waals surface area contributed by atoms with E-state index in [9.17, 15) is 9.90 Å². The maximum Gasteiger partial charge on any atom is 0.343 e. The summed E-state index contributed by atoms with van der Waals surface area (Å²) in [6, 6.07) is 7.66. The molecule has 0 spiro atoms. The molecule has 2 aromatic rings. The van der Waals surface area contributed by atoms with E-state index >= 15 is 0 Å². The van der Waals surface area contributed by atoms with Crippen LogP contribution in [0, 0.1) is 0 Å². The van der Waals surface area contributed by atoms with Gasteiger partial charge in [-0.05, 0) is 42.8 Å². The SMILES string of the molecule is CC[C@@H](O)c1ccc(Sc2n[nH]c(=O)n2CC)cc1. The van der Waals surface area contributed by atoms with Crippen LogP contribution in [0.25, 0.3) is 0 Å². The van der Waals surface area contributed by atoms with Crippen molar-refractivity contribution in [3.05, 3.63) is 40.3 Å². The van der Waals surface area contributed by atoms with E-state index in [1.54, 1.807) is 4.57 Å². The summed E-state index contributed by atoms with van der Waals surface area (Å²) in [6.07, 6.45) is 0.277. The molecule has 19 heavy (non-hydrogen) atoms. The topological polar surface area (TPSA) is 70.9 Å². The Hall–Kier alpha value is -1.53. The Bertz CT molecular complexity index is 589. The van der Waals surface area contributed by atoms with Gasteiger partial charge in [-0.15, -0.1) is 5.10 Å². The summed E-state index contributed by atoms with van der Waals surface area (Å²) < 4.78 is 1.58. The molecule has 0 amide bonds. The van der Waals surface area contributed by atoms with E-state index in [4.69, 9.17) is 0 Å². The Balaban J connectivity index is 2.17. The van der Waals surface area contributed by atoms with Crippen LogP contribution in [0.15, 0.2) is 39.1 Å². The van der Waals surface area contributed by atoms with Gasteiger partial charge in [0, 0.05) is 11.4 Å². The average Bonchev–Trinajstić information content (AvgIpc) is 2.79. The zero-order chi connectivity index (χ0) is 13.8. The molecule has 0 aliphatic rings. The van der Waals surface area contributed by atoms with E-state index < -0.39 is 6.10 Å². The van der Waals surface area contributed by atoms with Crippen molar-refractivity contribution in [2.24, 2.45) is 0 Å². The minimum Gasteiger partial charge on any atom is -0.388 e. The number of aromatic amines is 1. The van der Waals surface area contributed by atoms with Crippen LogP contribution in [0.1, 0.15) is 31.9 Å². The number of hydrogen-bond donors (Lipinski definition) is 2. The van der Waals surface area contributed by atoms with Crippen LogP contribution in [0.3, 0.4) is 0 Å². The lowest BCUT2D eigenvalue weighted by Gasteiger charge is -2.08. The number of benzene rings is 1. The molecule has 5 nitrogen and oxygen atoms in total. The molecular formula is C13H17N3O2S. The van der Waals surface area contributed by atoms with Gasteiger partial charge >= 0.3 is 5.69 Å². The molecule has 0 saturated carbocycles. The molecule has 1 aromatic heterocycles. The maximum absolute atomic E-state index is 11.4. The molecule has 1 heterocycles. The fraction of sp³-hybridized carbons (Fsp3) is 0.385. The first-order valence-electron chi connectivity index (χ1n) is 6.26. The smallest absolute Gasteiger partial charge is 0.343 e. The van der Waals surface area contributed by atoms with E-state index in [2.05, 4.69) is 10.2 Å². The number of rotatable bonds is 5. The first-order chi connectivity index (χ1) is 9.15. The summed E-state index contributed by atoms with van der Waals surface area (Å²) in [6.45, 7) is 4.43. The lowest BCUT2D eigenvalue weighted by atomic mass is 10.1. The predicted molar refractivity (Wildman–Crippen MR) is 74.3 cm³/mol. The van der Waals surface area contributed by atoms with Gasteiger partial charge in [0.1, 0.15) is 0 Å². The van der Waals surface area contributed by atoms with E-state index in [0.29, 0.717) is 18.1 Å². The highest BCUT2D eigenvalue weighted by Gasteiger charge is 2.09. The number of aliphatic hydroxyl groups excluding tert-OH is 1. The molecule has 0 radical (unpaired) electrons. The van der Waals surface area contributed by atoms with Crippen molar-refractivity contribution in [2.45, 2.75) is 43.0 Å². The second-order valence-electron chi connectivity index (χ2n) is 4.15. The molecule has 2 N–H and O–H groups in total. The van der Waals surface area contributed by atoms with E-state index in [1.807, 2.05) is 38.1 Å². The number of nitrogens with one attached hydrogen (secondary N) is 1. The Morgan fingerprint density at radius 3 is 2.63 bits per heavy atom. The third-order valence-electron chi connectivity index (χ3n) is 2.90. The van der Waals surface area contributed by atoms with Gasteiger partial charge in [0.05, 0.1) is 6.10 Å².